The predicted molar refractivity (Wildman–Crippen MR) is 87.0 cm³/mol. The Morgan fingerprint density at radius 2 is 2.36 bits per heavy atom. The zero-order valence-corrected chi connectivity index (χ0v) is 14.4. The van der Waals surface area contributed by atoms with Crippen LogP contribution in [0.4, 0.5) is 4.79 Å². The second-order valence-corrected chi connectivity index (χ2v) is 7.45. The number of amides is 2. The fourth-order valence-corrected chi connectivity index (χ4v) is 4.47. The fraction of sp³-hybridized carbons (Fsp3) is 0.750. The van der Waals surface area contributed by atoms with Gasteiger partial charge in [-0.2, -0.15) is 0 Å². The topological polar surface area (TPSA) is 54.5 Å². The van der Waals surface area contributed by atoms with Gasteiger partial charge in [0.15, 0.2) is 0 Å². The highest BCUT2D eigenvalue weighted by Crippen LogP contribution is 2.57. The predicted octanol–water partition coefficient (Wildman–Crippen LogP) is 2.94. The lowest BCUT2D eigenvalue weighted by Gasteiger charge is -2.61. The number of carbonyl (C=O) groups is 1. The van der Waals surface area contributed by atoms with Crippen LogP contribution in [0.1, 0.15) is 43.3 Å². The van der Waals surface area contributed by atoms with Gasteiger partial charge in [0.25, 0.3) is 0 Å². The normalized spacial score (nSPS) is 25.4. The molecule has 2 saturated carbocycles. The monoisotopic (exact) mass is 323 g/mol. The summed E-state index contributed by atoms with van der Waals surface area (Å²) >= 11 is 1.60. The van der Waals surface area contributed by atoms with Gasteiger partial charge in [-0.3, -0.25) is 0 Å². The molecule has 1 heterocycles. The largest absolute Gasteiger partial charge is 0.378 e. The van der Waals surface area contributed by atoms with Crippen LogP contribution in [0, 0.1) is 12.3 Å². The SMILES string of the molecule is CCO[C@@H]1C[C@@H](NC(=O)N(C)Cc2nc(C)cs2)C12CCC2. The quantitative estimate of drug-likeness (QED) is 0.906. The second kappa shape index (κ2) is 6.16. The number of thiazole rings is 1. The third-order valence-electron chi connectivity index (χ3n) is 5.12. The Kier molecular flexibility index (Phi) is 4.41. The van der Waals surface area contributed by atoms with Gasteiger partial charge in [0.2, 0.25) is 0 Å². The molecule has 0 bridgehead atoms. The molecule has 0 unspecified atom stereocenters. The lowest BCUT2D eigenvalue weighted by atomic mass is 9.51. The number of hydrogen-bond acceptors (Lipinski definition) is 4. The van der Waals surface area contributed by atoms with Gasteiger partial charge in [0, 0.05) is 36.2 Å². The molecule has 5 nitrogen and oxygen atoms in total. The summed E-state index contributed by atoms with van der Waals surface area (Å²) in [5, 5.41) is 6.21. The Balaban J connectivity index is 1.53. The van der Waals surface area contributed by atoms with Gasteiger partial charge in [0.05, 0.1) is 12.6 Å². The highest BCUT2D eigenvalue weighted by molar-refractivity contribution is 7.09. The van der Waals surface area contributed by atoms with Crippen molar-refractivity contribution in [3.8, 4) is 0 Å². The van der Waals surface area contributed by atoms with Crippen molar-refractivity contribution in [1.82, 2.24) is 15.2 Å². The molecular weight excluding hydrogens is 298 g/mol. The molecule has 3 rings (SSSR count). The summed E-state index contributed by atoms with van der Waals surface area (Å²) in [5.41, 5.74) is 1.23. The Hall–Kier alpha value is -1.14. The summed E-state index contributed by atoms with van der Waals surface area (Å²) in [5.74, 6) is 0. The number of aryl methyl sites for hydroxylation is 1. The maximum Gasteiger partial charge on any atom is 0.317 e. The second-order valence-electron chi connectivity index (χ2n) is 6.51. The first-order valence-electron chi connectivity index (χ1n) is 8.09. The van der Waals surface area contributed by atoms with Gasteiger partial charge >= 0.3 is 6.03 Å². The standard InChI is InChI=1S/C16H25N3O2S/c1-4-21-13-8-12(16(13)6-5-7-16)18-15(20)19(3)9-14-17-11(2)10-22-14/h10,12-13H,4-9H2,1-3H3,(H,18,20)/t12-,13-/m1/s1. The molecule has 0 saturated heterocycles. The number of hydrogen-bond donors (Lipinski definition) is 1. The molecule has 1 N–H and O–H groups in total. The zero-order chi connectivity index (χ0) is 15.7. The van der Waals surface area contributed by atoms with Crippen LogP contribution in [-0.2, 0) is 11.3 Å². The molecule has 6 heteroatoms. The van der Waals surface area contributed by atoms with Crippen molar-refractivity contribution >= 4 is 17.4 Å². The molecular formula is C16H25N3O2S. The van der Waals surface area contributed by atoms with Gasteiger partial charge in [-0.1, -0.05) is 6.42 Å². The molecule has 1 aromatic heterocycles. The third-order valence-corrected chi connectivity index (χ3v) is 6.07. The Morgan fingerprint density at radius 1 is 1.59 bits per heavy atom. The van der Waals surface area contributed by atoms with E-state index in [9.17, 15) is 4.79 Å². The van der Waals surface area contributed by atoms with Crippen molar-refractivity contribution < 1.29 is 9.53 Å². The highest BCUT2D eigenvalue weighted by Gasteiger charge is 2.59. The molecule has 0 aliphatic heterocycles. The van der Waals surface area contributed by atoms with Crippen LogP contribution in [0.2, 0.25) is 0 Å². The molecule has 2 aliphatic carbocycles. The highest BCUT2D eigenvalue weighted by atomic mass is 32.1. The van der Waals surface area contributed by atoms with E-state index in [-0.39, 0.29) is 17.5 Å². The van der Waals surface area contributed by atoms with Gasteiger partial charge in [-0.15, -0.1) is 11.3 Å². The first-order chi connectivity index (χ1) is 10.5. The van der Waals surface area contributed by atoms with Crippen molar-refractivity contribution in [2.75, 3.05) is 13.7 Å². The van der Waals surface area contributed by atoms with Crippen LogP contribution in [0.3, 0.4) is 0 Å². The van der Waals surface area contributed by atoms with Crippen molar-refractivity contribution in [1.29, 1.82) is 0 Å². The molecule has 122 valence electrons. The minimum Gasteiger partial charge on any atom is -0.378 e. The molecule has 22 heavy (non-hydrogen) atoms. The van der Waals surface area contributed by atoms with E-state index in [0.29, 0.717) is 12.6 Å². The van der Waals surface area contributed by atoms with Crippen LogP contribution in [-0.4, -0.2) is 41.7 Å². The lowest BCUT2D eigenvalue weighted by molar-refractivity contribution is -0.169. The minimum absolute atomic E-state index is 0.000855. The summed E-state index contributed by atoms with van der Waals surface area (Å²) in [4.78, 5) is 18.5. The number of ether oxygens (including phenoxy) is 1. The maximum atomic E-state index is 12.4. The van der Waals surface area contributed by atoms with Crippen LogP contribution < -0.4 is 5.32 Å². The van der Waals surface area contributed by atoms with E-state index in [4.69, 9.17) is 4.74 Å². The van der Waals surface area contributed by atoms with E-state index in [1.807, 2.05) is 26.3 Å². The van der Waals surface area contributed by atoms with Gasteiger partial charge in [-0.25, -0.2) is 9.78 Å². The van der Waals surface area contributed by atoms with Crippen molar-refractivity contribution in [3.63, 3.8) is 0 Å². The zero-order valence-electron chi connectivity index (χ0n) is 13.6. The van der Waals surface area contributed by atoms with E-state index in [0.717, 1.165) is 23.7 Å². The van der Waals surface area contributed by atoms with E-state index in [2.05, 4.69) is 10.3 Å². The first-order valence-corrected chi connectivity index (χ1v) is 8.97. The average Bonchev–Trinajstić information content (AvgIpc) is 2.80. The van der Waals surface area contributed by atoms with Gasteiger partial charge < -0.3 is 15.0 Å². The van der Waals surface area contributed by atoms with Gasteiger partial charge in [0.1, 0.15) is 5.01 Å². The van der Waals surface area contributed by atoms with Crippen molar-refractivity contribution in [2.24, 2.45) is 5.41 Å². The third kappa shape index (κ3) is 2.74. The number of nitrogens with one attached hydrogen (secondary N) is 1. The van der Waals surface area contributed by atoms with Crippen LogP contribution in [0.5, 0.6) is 0 Å². The van der Waals surface area contributed by atoms with Crippen LogP contribution in [0.15, 0.2) is 5.38 Å². The Bertz CT molecular complexity index is 541. The first kappa shape index (κ1) is 15.7. The smallest absolute Gasteiger partial charge is 0.317 e. The Morgan fingerprint density at radius 3 is 2.91 bits per heavy atom. The van der Waals surface area contributed by atoms with Crippen LogP contribution >= 0.6 is 11.3 Å². The summed E-state index contributed by atoms with van der Waals surface area (Å²) in [6.07, 6.45) is 4.90. The molecule has 0 aromatic carbocycles. The van der Waals surface area contributed by atoms with E-state index < -0.39 is 0 Å². The summed E-state index contributed by atoms with van der Waals surface area (Å²) in [6.45, 7) is 5.35. The van der Waals surface area contributed by atoms with Crippen LogP contribution in [0.25, 0.3) is 0 Å². The molecule has 2 atom stereocenters. The van der Waals surface area contributed by atoms with Crippen molar-refractivity contribution in [2.45, 2.75) is 58.2 Å². The molecule has 2 amide bonds. The Labute approximate surface area is 136 Å². The average molecular weight is 323 g/mol. The number of carbonyl (C=O) groups excluding carboxylic acids is 1. The van der Waals surface area contributed by atoms with Crippen molar-refractivity contribution in [3.05, 3.63) is 16.1 Å². The number of nitrogens with zero attached hydrogens (tertiary/aromatic N) is 2. The van der Waals surface area contributed by atoms with E-state index >= 15 is 0 Å². The summed E-state index contributed by atoms with van der Waals surface area (Å²) in [7, 11) is 1.83. The molecule has 1 aromatic rings. The molecule has 2 aliphatic rings. The summed E-state index contributed by atoms with van der Waals surface area (Å²) < 4.78 is 5.83. The molecule has 0 radical (unpaired) electrons. The minimum atomic E-state index is -0.000855. The summed E-state index contributed by atoms with van der Waals surface area (Å²) in [6, 6.07) is 0.268. The number of urea groups is 1. The fourth-order valence-electron chi connectivity index (χ4n) is 3.65. The molecule has 1 spiro atoms. The van der Waals surface area contributed by atoms with E-state index in [1.54, 1.807) is 16.2 Å². The maximum absolute atomic E-state index is 12.4. The lowest BCUT2D eigenvalue weighted by Crippen LogP contribution is -2.68. The number of rotatable bonds is 5. The van der Waals surface area contributed by atoms with Gasteiger partial charge in [-0.05, 0) is 33.1 Å². The molecule has 2 fully saturated rings. The number of aromatic nitrogens is 1. The van der Waals surface area contributed by atoms with E-state index in [1.165, 1.54) is 19.3 Å².